The Morgan fingerprint density at radius 1 is 1.50 bits per heavy atom. The lowest BCUT2D eigenvalue weighted by atomic mass is 10.8. The van der Waals surface area contributed by atoms with Gasteiger partial charge in [-0.15, -0.1) is 0 Å². The Hall–Kier alpha value is -0.700. The first kappa shape index (κ1) is 7.30. The van der Waals surface area contributed by atoms with Gasteiger partial charge in [-0.3, -0.25) is 0 Å². The minimum atomic E-state index is 0.0358. The van der Waals surface area contributed by atoms with Gasteiger partial charge in [0.25, 0.3) is 0 Å². The van der Waals surface area contributed by atoms with E-state index in [0.717, 1.165) is 0 Å². The molecule has 0 rings (SSSR count). The van der Waals surface area contributed by atoms with Crippen molar-refractivity contribution < 1.29 is 14.6 Å². The lowest BCUT2D eigenvalue weighted by molar-refractivity contribution is 0.159. The predicted octanol–water partition coefficient (Wildman–Crippen LogP) is 0.113. The highest BCUT2D eigenvalue weighted by Crippen LogP contribution is 1.75. The molecular weight excluding hydrogens is 108 g/mol. The molecule has 0 aliphatic heterocycles. The van der Waals surface area contributed by atoms with Crippen LogP contribution in [0.15, 0.2) is 12.5 Å². The van der Waals surface area contributed by atoms with E-state index in [0.29, 0.717) is 6.61 Å². The van der Waals surface area contributed by atoms with E-state index in [-0.39, 0.29) is 6.61 Å². The Balaban J connectivity index is 2.80. The molecule has 0 fully saturated rings. The molecule has 0 atom stereocenters. The van der Waals surface area contributed by atoms with Crippen LogP contribution in [0.4, 0.5) is 0 Å². The fourth-order valence-electron chi connectivity index (χ4n) is 0.216. The van der Waals surface area contributed by atoms with Gasteiger partial charge in [-0.1, -0.05) is 0 Å². The first-order valence-corrected chi connectivity index (χ1v) is 2.32. The molecule has 8 heavy (non-hydrogen) atoms. The molecule has 0 spiro atoms. The molecule has 0 radical (unpaired) electrons. The van der Waals surface area contributed by atoms with Gasteiger partial charge in [-0.25, -0.2) is 0 Å². The van der Waals surface area contributed by atoms with Crippen molar-refractivity contribution in [2.24, 2.45) is 0 Å². The summed E-state index contributed by atoms with van der Waals surface area (Å²) >= 11 is 0. The number of rotatable bonds is 4. The van der Waals surface area contributed by atoms with Crippen molar-refractivity contribution in [1.29, 1.82) is 0 Å². The lowest BCUT2D eigenvalue weighted by Crippen LogP contribution is -1.91. The first-order valence-electron chi connectivity index (χ1n) is 2.32. The Morgan fingerprint density at radius 2 is 2.25 bits per heavy atom. The maximum absolute atomic E-state index is 8.17. The highest BCUT2D eigenvalue weighted by Gasteiger charge is 1.73. The highest BCUT2D eigenvalue weighted by molar-refractivity contribution is 4.58. The van der Waals surface area contributed by atoms with Crippen molar-refractivity contribution in [1.82, 2.24) is 0 Å². The van der Waals surface area contributed by atoms with Crippen LogP contribution in [0.25, 0.3) is 0 Å². The molecule has 0 aromatic heterocycles. The van der Waals surface area contributed by atoms with Gasteiger partial charge < -0.3 is 14.6 Å². The summed E-state index contributed by atoms with van der Waals surface area (Å²) < 4.78 is 9.17. The molecule has 0 aliphatic carbocycles. The van der Waals surface area contributed by atoms with Crippen molar-refractivity contribution >= 4 is 0 Å². The second kappa shape index (κ2) is 6.30. The molecule has 0 bridgehead atoms. The van der Waals surface area contributed by atoms with E-state index in [1.807, 2.05) is 0 Å². The summed E-state index contributed by atoms with van der Waals surface area (Å²) in [5.41, 5.74) is 0. The number of aliphatic hydroxyl groups is 1. The smallest absolute Gasteiger partial charge is 0.117 e. The van der Waals surface area contributed by atoms with Crippen LogP contribution in [-0.2, 0) is 9.47 Å². The van der Waals surface area contributed by atoms with E-state index in [4.69, 9.17) is 5.11 Å². The first-order chi connectivity index (χ1) is 3.91. The fourth-order valence-corrected chi connectivity index (χ4v) is 0.216. The van der Waals surface area contributed by atoms with Crippen LogP contribution >= 0.6 is 0 Å². The molecular formula is C5H10O3. The summed E-state index contributed by atoms with van der Waals surface area (Å²) in [6.07, 6.45) is 2.78. The number of hydrogen-bond acceptors (Lipinski definition) is 3. The molecule has 3 nitrogen and oxygen atoms in total. The summed E-state index contributed by atoms with van der Waals surface area (Å²) in [4.78, 5) is 0. The monoisotopic (exact) mass is 118 g/mol. The summed E-state index contributed by atoms with van der Waals surface area (Å²) in [5, 5.41) is 8.17. The summed E-state index contributed by atoms with van der Waals surface area (Å²) in [6.45, 7) is 0.355. The Kier molecular flexibility index (Phi) is 5.75. The zero-order valence-corrected chi connectivity index (χ0v) is 4.83. The van der Waals surface area contributed by atoms with Crippen LogP contribution in [0.2, 0.25) is 0 Å². The Bertz CT molecular complexity index is 60.7. The largest absolute Gasteiger partial charge is 0.501 e. The topological polar surface area (TPSA) is 38.7 Å². The van der Waals surface area contributed by atoms with Crippen molar-refractivity contribution in [3.63, 3.8) is 0 Å². The van der Waals surface area contributed by atoms with Crippen molar-refractivity contribution in [2.75, 3.05) is 20.3 Å². The molecule has 0 unspecified atom stereocenters. The van der Waals surface area contributed by atoms with Crippen LogP contribution in [0, 0.1) is 0 Å². The number of methoxy groups -OCH3 is 1. The highest BCUT2D eigenvalue weighted by atomic mass is 16.5. The molecule has 0 aliphatic rings. The normalized spacial score (nSPS) is 9.75. The van der Waals surface area contributed by atoms with Gasteiger partial charge in [0.2, 0.25) is 0 Å². The van der Waals surface area contributed by atoms with Gasteiger partial charge in [-0.2, -0.15) is 0 Å². The van der Waals surface area contributed by atoms with E-state index in [1.165, 1.54) is 19.6 Å². The second-order valence-corrected chi connectivity index (χ2v) is 1.10. The summed E-state index contributed by atoms with van der Waals surface area (Å²) in [6, 6.07) is 0. The zero-order chi connectivity index (χ0) is 6.24. The molecule has 0 saturated carbocycles. The SMILES string of the molecule is COC=COCCO. The standard InChI is InChI=1S/C5H10O3/c1-7-4-5-8-3-2-6/h4-6H,2-3H2,1H3. The quantitative estimate of drug-likeness (QED) is 0.420. The van der Waals surface area contributed by atoms with Crippen LogP contribution in [0.5, 0.6) is 0 Å². The maximum atomic E-state index is 8.17. The zero-order valence-electron chi connectivity index (χ0n) is 4.83. The average molecular weight is 118 g/mol. The van der Waals surface area contributed by atoms with Gasteiger partial charge in [0.1, 0.15) is 19.1 Å². The molecule has 0 heterocycles. The van der Waals surface area contributed by atoms with Crippen molar-refractivity contribution in [3.8, 4) is 0 Å². The molecule has 3 heteroatoms. The van der Waals surface area contributed by atoms with Crippen LogP contribution in [0.1, 0.15) is 0 Å². The summed E-state index contributed by atoms with van der Waals surface area (Å²) in [7, 11) is 1.53. The van der Waals surface area contributed by atoms with Gasteiger partial charge in [-0.05, 0) is 0 Å². The van der Waals surface area contributed by atoms with Crippen LogP contribution in [0.3, 0.4) is 0 Å². The Morgan fingerprint density at radius 3 is 2.75 bits per heavy atom. The Labute approximate surface area is 48.5 Å². The fraction of sp³-hybridized carbons (Fsp3) is 0.600. The van der Waals surface area contributed by atoms with E-state index >= 15 is 0 Å². The molecule has 0 aromatic rings. The predicted molar refractivity (Wildman–Crippen MR) is 29.2 cm³/mol. The number of ether oxygens (including phenoxy) is 2. The van der Waals surface area contributed by atoms with Gasteiger partial charge >= 0.3 is 0 Å². The molecule has 0 saturated heterocycles. The maximum Gasteiger partial charge on any atom is 0.117 e. The van der Waals surface area contributed by atoms with Gasteiger partial charge in [0.05, 0.1) is 13.7 Å². The lowest BCUT2D eigenvalue weighted by Gasteiger charge is -1.92. The van der Waals surface area contributed by atoms with Crippen LogP contribution < -0.4 is 0 Å². The van der Waals surface area contributed by atoms with Gasteiger partial charge in [0.15, 0.2) is 0 Å². The van der Waals surface area contributed by atoms with E-state index in [9.17, 15) is 0 Å². The molecule has 0 aromatic carbocycles. The molecule has 48 valence electrons. The minimum Gasteiger partial charge on any atom is -0.501 e. The molecule has 0 amide bonds. The van der Waals surface area contributed by atoms with Crippen molar-refractivity contribution in [3.05, 3.63) is 12.5 Å². The molecule has 1 N–H and O–H groups in total. The average Bonchev–Trinajstić information content (AvgIpc) is 1.81. The second-order valence-electron chi connectivity index (χ2n) is 1.10. The van der Waals surface area contributed by atoms with E-state index in [1.54, 1.807) is 0 Å². The third kappa shape index (κ3) is 5.30. The van der Waals surface area contributed by atoms with Gasteiger partial charge in [0, 0.05) is 0 Å². The van der Waals surface area contributed by atoms with E-state index < -0.39 is 0 Å². The van der Waals surface area contributed by atoms with E-state index in [2.05, 4.69) is 9.47 Å². The minimum absolute atomic E-state index is 0.0358. The third-order valence-electron chi connectivity index (χ3n) is 0.497. The van der Waals surface area contributed by atoms with Crippen molar-refractivity contribution in [2.45, 2.75) is 0 Å². The number of aliphatic hydroxyl groups excluding tert-OH is 1. The number of hydrogen-bond donors (Lipinski definition) is 1. The third-order valence-corrected chi connectivity index (χ3v) is 0.497. The summed E-state index contributed by atoms with van der Waals surface area (Å²) in [5.74, 6) is 0. The van der Waals surface area contributed by atoms with Crippen LogP contribution in [-0.4, -0.2) is 25.4 Å².